The fourth-order valence-corrected chi connectivity index (χ4v) is 3.33. The van der Waals surface area contributed by atoms with Crippen LogP contribution < -0.4 is 0 Å². The molecule has 0 saturated carbocycles. The summed E-state index contributed by atoms with van der Waals surface area (Å²) in [6, 6.07) is 8.16. The van der Waals surface area contributed by atoms with Crippen molar-refractivity contribution in [3.63, 3.8) is 0 Å². The number of thiazole rings is 1. The van der Waals surface area contributed by atoms with Crippen LogP contribution in [0.5, 0.6) is 0 Å². The number of rotatable bonds is 2. The standard InChI is InChI=1S/C14H12BrN3S/c1-9-13(11-5-3-4-6-12(11)15)17-14(19-9)10-7-16-18(2)8-10/h3-8H,1-2H3. The first-order valence-electron chi connectivity index (χ1n) is 5.86. The topological polar surface area (TPSA) is 30.7 Å². The van der Waals surface area contributed by atoms with E-state index >= 15 is 0 Å². The molecule has 0 N–H and O–H groups in total. The molecule has 0 atom stereocenters. The summed E-state index contributed by atoms with van der Waals surface area (Å²) in [6.07, 6.45) is 3.84. The molecule has 0 amide bonds. The average Bonchev–Trinajstić information content (AvgIpc) is 2.96. The quantitative estimate of drug-likeness (QED) is 0.700. The molecular formula is C14H12BrN3S. The molecular weight excluding hydrogens is 322 g/mol. The van der Waals surface area contributed by atoms with E-state index in [0.29, 0.717) is 0 Å². The molecule has 1 aromatic carbocycles. The Hall–Kier alpha value is -1.46. The maximum atomic E-state index is 4.76. The molecule has 0 unspecified atom stereocenters. The fraction of sp³-hybridized carbons (Fsp3) is 0.143. The molecule has 2 heterocycles. The maximum absolute atomic E-state index is 4.76. The van der Waals surface area contributed by atoms with Gasteiger partial charge in [-0.25, -0.2) is 4.98 Å². The molecule has 0 bridgehead atoms. The molecule has 19 heavy (non-hydrogen) atoms. The molecule has 0 aliphatic heterocycles. The Bertz CT molecular complexity index is 730. The SMILES string of the molecule is Cc1sc(-c2cnn(C)c2)nc1-c1ccccc1Br. The van der Waals surface area contributed by atoms with Crippen LogP contribution in [-0.2, 0) is 7.05 Å². The van der Waals surface area contributed by atoms with Crippen LogP contribution in [0.25, 0.3) is 21.8 Å². The molecule has 0 aliphatic carbocycles. The zero-order valence-electron chi connectivity index (χ0n) is 10.6. The molecule has 3 nitrogen and oxygen atoms in total. The van der Waals surface area contributed by atoms with Crippen molar-refractivity contribution >= 4 is 27.3 Å². The lowest BCUT2D eigenvalue weighted by Crippen LogP contribution is -1.84. The van der Waals surface area contributed by atoms with E-state index in [0.717, 1.165) is 26.3 Å². The molecule has 3 aromatic rings. The van der Waals surface area contributed by atoms with Crippen molar-refractivity contribution in [1.82, 2.24) is 14.8 Å². The molecule has 0 spiro atoms. The number of benzene rings is 1. The highest BCUT2D eigenvalue weighted by atomic mass is 79.9. The largest absolute Gasteiger partial charge is 0.275 e. The minimum atomic E-state index is 1.01. The smallest absolute Gasteiger partial charge is 0.127 e. The highest BCUT2D eigenvalue weighted by Crippen LogP contribution is 2.35. The summed E-state index contributed by atoms with van der Waals surface area (Å²) in [5.41, 5.74) is 3.23. The van der Waals surface area contributed by atoms with Gasteiger partial charge in [-0.15, -0.1) is 11.3 Å². The molecule has 0 saturated heterocycles. The van der Waals surface area contributed by atoms with E-state index in [9.17, 15) is 0 Å². The zero-order chi connectivity index (χ0) is 13.4. The fourth-order valence-electron chi connectivity index (χ4n) is 1.95. The van der Waals surface area contributed by atoms with Crippen LogP contribution in [0.4, 0.5) is 0 Å². The molecule has 96 valence electrons. The lowest BCUT2D eigenvalue weighted by molar-refractivity contribution is 0.768. The van der Waals surface area contributed by atoms with Crippen LogP contribution in [0.3, 0.4) is 0 Å². The Labute approximate surface area is 124 Å². The van der Waals surface area contributed by atoms with Gasteiger partial charge in [-0.2, -0.15) is 5.10 Å². The van der Waals surface area contributed by atoms with Gasteiger partial charge in [0.25, 0.3) is 0 Å². The van der Waals surface area contributed by atoms with E-state index in [1.54, 1.807) is 16.0 Å². The Morgan fingerprint density at radius 2 is 2.05 bits per heavy atom. The third-order valence-electron chi connectivity index (χ3n) is 2.88. The van der Waals surface area contributed by atoms with E-state index < -0.39 is 0 Å². The van der Waals surface area contributed by atoms with Crippen molar-refractivity contribution < 1.29 is 0 Å². The zero-order valence-corrected chi connectivity index (χ0v) is 13.0. The number of hydrogen-bond donors (Lipinski definition) is 0. The summed E-state index contributed by atoms with van der Waals surface area (Å²) in [6.45, 7) is 2.10. The van der Waals surface area contributed by atoms with Crippen molar-refractivity contribution in [2.75, 3.05) is 0 Å². The highest BCUT2D eigenvalue weighted by molar-refractivity contribution is 9.10. The molecule has 5 heteroatoms. The lowest BCUT2D eigenvalue weighted by atomic mass is 10.1. The molecule has 0 fully saturated rings. The number of hydrogen-bond acceptors (Lipinski definition) is 3. The molecule has 2 aromatic heterocycles. The number of nitrogens with zero attached hydrogens (tertiary/aromatic N) is 3. The maximum Gasteiger partial charge on any atom is 0.127 e. The average molecular weight is 334 g/mol. The van der Waals surface area contributed by atoms with E-state index in [2.05, 4.69) is 34.0 Å². The van der Waals surface area contributed by atoms with E-state index in [4.69, 9.17) is 4.98 Å². The molecule has 0 aliphatic rings. The first kappa shape index (κ1) is 12.6. The van der Waals surface area contributed by atoms with E-state index in [1.165, 1.54) is 4.88 Å². The molecule has 0 radical (unpaired) electrons. The van der Waals surface area contributed by atoms with Crippen molar-refractivity contribution in [3.8, 4) is 21.8 Å². The predicted molar refractivity (Wildman–Crippen MR) is 82.2 cm³/mol. The van der Waals surface area contributed by atoms with Crippen LogP contribution in [-0.4, -0.2) is 14.8 Å². The van der Waals surface area contributed by atoms with E-state index in [1.807, 2.05) is 37.6 Å². The predicted octanol–water partition coefficient (Wildman–Crippen LogP) is 4.28. The second kappa shape index (κ2) is 4.90. The second-order valence-corrected chi connectivity index (χ2v) is 6.36. The third-order valence-corrected chi connectivity index (χ3v) is 4.59. The first-order chi connectivity index (χ1) is 9.15. The Morgan fingerprint density at radius 3 is 2.74 bits per heavy atom. The third kappa shape index (κ3) is 2.35. The molecule has 3 rings (SSSR count). The van der Waals surface area contributed by atoms with E-state index in [-0.39, 0.29) is 0 Å². The van der Waals surface area contributed by atoms with Gasteiger partial charge in [-0.05, 0) is 13.0 Å². The van der Waals surface area contributed by atoms with Crippen LogP contribution in [0, 0.1) is 6.92 Å². The first-order valence-corrected chi connectivity index (χ1v) is 7.47. The van der Waals surface area contributed by atoms with Gasteiger partial charge in [0.2, 0.25) is 0 Å². The van der Waals surface area contributed by atoms with Crippen molar-refractivity contribution in [2.45, 2.75) is 6.92 Å². The summed E-state index contributed by atoms with van der Waals surface area (Å²) in [5, 5.41) is 5.21. The van der Waals surface area contributed by atoms with Gasteiger partial charge >= 0.3 is 0 Å². The number of aryl methyl sites for hydroxylation is 2. The summed E-state index contributed by atoms with van der Waals surface area (Å²) in [7, 11) is 1.92. The van der Waals surface area contributed by atoms with Gasteiger partial charge in [0.1, 0.15) is 5.01 Å². The Kier molecular flexibility index (Phi) is 3.24. The Balaban J connectivity index is 2.10. The van der Waals surface area contributed by atoms with Crippen LogP contribution in [0.2, 0.25) is 0 Å². The lowest BCUT2D eigenvalue weighted by Gasteiger charge is -2.01. The summed E-state index contributed by atoms with van der Waals surface area (Å²) in [5.74, 6) is 0. The minimum Gasteiger partial charge on any atom is -0.275 e. The monoisotopic (exact) mass is 333 g/mol. The Morgan fingerprint density at radius 1 is 1.26 bits per heavy atom. The normalized spacial score (nSPS) is 10.9. The van der Waals surface area contributed by atoms with Crippen LogP contribution >= 0.6 is 27.3 Å². The van der Waals surface area contributed by atoms with Gasteiger partial charge in [0.15, 0.2) is 0 Å². The van der Waals surface area contributed by atoms with Crippen molar-refractivity contribution in [2.24, 2.45) is 7.05 Å². The second-order valence-electron chi connectivity index (χ2n) is 4.31. The van der Waals surface area contributed by atoms with Gasteiger partial charge < -0.3 is 0 Å². The van der Waals surface area contributed by atoms with Gasteiger partial charge in [0.05, 0.1) is 11.9 Å². The highest BCUT2D eigenvalue weighted by Gasteiger charge is 2.14. The van der Waals surface area contributed by atoms with Gasteiger partial charge in [0, 0.05) is 33.7 Å². The van der Waals surface area contributed by atoms with Crippen molar-refractivity contribution in [1.29, 1.82) is 0 Å². The summed E-state index contributed by atoms with van der Waals surface area (Å²) < 4.78 is 2.87. The number of aromatic nitrogens is 3. The summed E-state index contributed by atoms with van der Waals surface area (Å²) in [4.78, 5) is 5.97. The van der Waals surface area contributed by atoms with Crippen LogP contribution in [0.15, 0.2) is 41.1 Å². The van der Waals surface area contributed by atoms with Crippen LogP contribution in [0.1, 0.15) is 4.88 Å². The van der Waals surface area contributed by atoms with Crippen molar-refractivity contribution in [3.05, 3.63) is 46.0 Å². The number of halogens is 1. The van der Waals surface area contributed by atoms with Gasteiger partial charge in [-0.1, -0.05) is 34.1 Å². The minimum absolute atomic E-state index is 1.01. The van der Waals surface area contributed by atoms with Gasteiger partial charge in [-0.3, -0.25) is 4.68 Å². The summed E-state index contributed by atoms with van der Waals surface area (Å²) >= 11 is 5.28.